The number of pyridine rings is 1. The van der Waals surface area contributed by atoms with Crippen LogP contribution in [0.25, 0.3) is 22.0 Å². The molecule has 9 heteroatoms. The van der Waals surface area contributed by atoms with E-state index in [0.717, 1.165) is 53.5 Å². The Morgan fingerprint density at radius 1 is 0.971 bits per heavy atom. The van der Waals surface area contributed by atoms with Gasteiger partial charge in [-0.3, -0.25) is 4.90 Å². The predicted octanol–water partition coefficient (Wildman–Crippen LogP) is 5.33. The maximum atomic E-state index is 13.8. The van der Waals surface area contributed by atoms with E-state index in [2.05, 4.69) is 30.5 Å². The second-order valence-corrected chi connectivity index (χ2v) is 9.31. The highest BCUT2D eigenvalue weighted by atomic mass is 19.3. The van der Waals surface area contributed by atoms with Crippen molar-refractivity contribution in [2.75, 3.05) is 30.8 Å². The predicted molar refractivity (Wildman–Crippen MR) is 128 cm³/mol. The number of benzene rings is 1. The minimum absolute atomic E-state index is 0.0280. The van der Waals surface area contributed by atoms with Gasteiger partial charge in [0.25, 0.3) is 5.92 Å². The first-order chi connectivity index (χ1) is 16.4. The second-order valence-electron chi connectivity index (χ2n) is 9.31. The smallest absolute Gasteiger partial charge is 0.250 e. The van der Waals surface area contributed by atoms with Crippen LogP contribution in [0.2, 0.25) is 0 Å². The zero-order valence-electron chi connectivity index (χ0n) is 19.2. The number of fused-ring (bicyclic) bond motifs is 1. The van der Waals surface area contributed by atoms with E-state index in [1.165, 1.54) is 6.20 Å². The fraction of sp³-hybridized carbons (Fsp3) is 0.480. The Balaban J connectivity index is 1.29. The molecule has 0 atom stereocenters. The third-order valence-electron chi connectivity index (χ3n) is 7.16. The third-order valence-corrected chi connectivity index (χ3v) is 7.16. The summed E-state index contributed by atoms with van der Waals surface area (Å²) in [5.74, 6) is -2.26. The number of hydrogen-bond donors (Lipinski definition) is 2. The van der Waals surface area contributed by atoms with Crippen molar-refractivity contribution >= 4 is 22.4 Å². The maximum absolute atomic E-state index is 13.8. The van der Waals surface area contributed by atoms with Gasteiger partial charge in [-0.15, -0.1) is 0 Å². The number of nitrogens with one attached hydrogen (secondary N) is 2. The molecule has 3 heterocycles. The van der Waals surface area contributed by atoms with Crippen LogP contribution in [0.15, 0.2) is 36.8 Å². The maximum Gasteiger partial charge on any atom is 0.250 e. The Bertz CT molecular complexity index is 1150. The molecular formula is C25H29F3N6. The van der Waals surface area contributed by atoms with Gasteiger partial charge >= 0.3 is 0 Å². The van der Waals surface area contributed by atoms with Crippen LogP contribution in [-0.4, -0.2) is 58.0 Å². The van der Waals surface area contributed by atoms with Crippen LogP contribution in [0.3, 0.4) is 0 Å². The van der Waals surface area contributed by atoms with E-state index >= 15 is 0 Å². The average molecular weight is 471 g/mol. The van der Waals surface area contributed by atoms with E-state index in [0.29, 0.717) is 24.8 Å². The number of hydrogen-bond acceptors (Lipinski definition) is 6. The molecule has 2 fully saturated rings. The monoisotopic (exact) mass is 470 g/mol. The third kappa shape index (κ3) is 4.80. The van der Waals surface area contributed by atoms with Crippen LogP contribution in [-0.2, 0) is 0 Å². The molecule has 1 aromatic carbocycles. The molecule has 1 saturated heterocycles. The Morgan fingerprint density at radius 2 is 1.74 bits per heavy atom. The van der Waals surface area contributed by atoms with Gasteiger partial charge in [0.1, 0.15) is 12.1 Å². The van der Waals surface area contributed by atoms with Crippen molar-refractivity contribution in [1.29, 1.82) is 0 Å². The molecule has 0 spiro atoms. The zero-order chi connectivity index (χ0) is 23.7. The SMILES string of the molecule is CNc1cc(-c2ccc3ncnc(NC4CCC(N5CCC(F)(F)CC5)CC4)c3c2)cnc1F. The Kier molecular flexibility index (Phi) is 6.29. The zero-order valence-corrected chi connectivity index (χ0v) is 19.2. The second kappa shape index (κ2) is 9.37. The molecule has 2 aromatic heterocycles. The summed E-state index contributed by atoms with van der Waals surface area (Å²) in [5.41, 5.74) is 2.87. The van der Waals surface area contributed by atoms with Crippen molar-refractivity contribution in [3.63, 3.8) is 0 Å². The van der Waals surface area contributed by atoms with E-state index in [4.69, 9.17) is 0 Å². The minimum atomic E-state index is -2.50. The van der Waals surface area contributed by atoms with Crippen LogP contribution in [0.4, 0.5) is 24.7 Å². The normalized spacial score (nSPS) is 23.1. The lowest BCUT2D eigenvalue weighted by molar-refractivity contribution is -0.0657. The average Bonchev–Trinajstić information content (AvgIpc) is 2.85. The number of rotatable bonds is 5. The molecule has 0 unspecified atom stereocenters. The highest BCUT2D eigenvalue weighted by molar-refractivity contribution is 5.92. The topological polar surface area (TPSA) is 66.0 Å². The summed E-state index contributed by atoms with van der Waals surface area (Å²) < 4.78 is 40.8. The molecule has 0 radical (unpaired) electrons. The van der Waals surface area contributed by atoms with Crippen LogP contribution in [0, 0.1) is 5.95 Å². The Labute approximate surface area is 197 Å². The summed E-state index contributed by atoms with van der Waals surface area (Å²) >= 11 is 0. The van der Waals surface area contributed by atoms with Gasteiger partial charge in [-0.05, 0) is 49.4 Å². The van der Waals surface area contributed by atoms with Crippen molar-refractivity contribution < 1.29 is 13.2 Å². The highest BCUT2D eigenvalue weighted by Crippen LogP contribution is 2.34. The lowest BCUT2D eigenvalue weighted by Crippen LogP contribution is -2.47. The van der Waals surface area contributed by atoms with Crippen molar-refractivity contribution in [3.8, 4) is 11.1 Å². The first kappa shape index (κ1) is 22.8. The molecule has 180 valence electrons. The molecule has 2 aliphatic rings. The van der Waals surface area contributed by atoms with E-state index in [-0.39, 0.29) is 18.9 Å². The molecule has 5 rings (SSSR count). The van der Waals surface area contributed by atoms with Crippen LogP contribution in [0.1, 0.15) is 38.5 Å². The van der Waals surface area contributed by atoms with Crippen molar-refractivity contribution in [2.24, 2.45) is 0 Å². The van der Waals surface area contributed by atoms with Gasteiger partial charge in [0, 0.05) is 62.2 Å². The minimum Gasteiger partial charge on any atom is -0.384 e. The molecule has 2 N–H and O–H groups in total. The van der Waals surface area contributed by atoms with Crippen molar-refractivity contribution in [2.45, 2.75) is 56.5 Å². The summed E-state index contributed by atoms with van der Waals surface area (Å²) in [6, 6.07) is 8.27. The summed E-state index contributed by atoms with van der Waals surface area (Å²) in [5, 5.41) is 7.32. The van der Waals surface area contributed by atoms with Crippen molar-refractivity contribution in [1.82, 2.24) is 19.9 Å². The first-order valence-electron chi connectivity index (χ1n) is 11.9. The summed E-state index contributed by atoms with van der Waals surface area (Å²) in [4.78, 5) is 15.0. The number of likely N-dealkylation sites (tertiary alicyclic amines) is 1. The number of nitrogens with zero attached hydrogens (tertiary/aromatic N) is 4. The standard InChI is InChI=1S/C25H29F3N6/c1-29-22-13-17(14-30-23(22)26)16-2-7-21-20(12-16)24(32-15-31-21)33-18-3-5-19(6-4-18)34-10-8-25(27,28)9-11-34/h2,7,12-15,18-19,29H,3-6,8-11H2,1H3,(H,31,32,33). The number of alkyl halides is 2. The number of aromatic nitrogens is 3. The van der Waals surface area contributed by atoms with Gasteiger partial charge in [0.05, 0.1) is 11.2 Å². The van der Waals surface area contributed by atoms with E-state index < -0.39 is 11.9 Å². The van der Waals surface area contributed by atoms with Crippen molar-refractivity contribution in [3.05, 3.63) is 42.7 Å². The largest absolute Gasteiger partial charge is 0.384 e. The van der Waals surface area contributed by atoms with Gasteiger partial charge < -0.3 is 10.6 Å². The Hall–Kier alpha value is -2.94. The van der Waals surface area contributed by atoms with Gasteiger partial charge in [-0.2, -0.15) is 4.39 Å². The van der Waals surface area contributed by atoms with Gasteiger partial charge in [-0.25, -0.2) is 23.7 Å². The summed E-state index contributed by atoms with van der Waals surface area (Å²) in [7, 11) is 1.66. The molecule has 0 amide bonds. The van der Waals surface area contributed by atoms with Crippen LogP contribution in [0.5, 0.6) is 0 Å². The summed E-state index contributed by atoms with van der Waals surface area (Å²) in [6.07, 6.45) is 6.94. The Morgan fingerprint density at radius 3 is 2.47 bits per heavy atom. The molecule has 0 bridgehead atoms. The molecule has 3 aromatic rings. The van der Waals surface area contributed by atoms with E-state index in [1.54, 1.807) is 19.4 Å². The molecule has 1 saturated carbocycles. The number of piperidine rings is 1. The number of anilines is 2. The molecule has 1 aliphatic carbocycles. The van der Waals surface area contributed by atoms with Gasteiger partial charge in [0.2, 0.25) is 5.95 Å². The fourth-order valence-electron chi connectivity index (χ4n) is 5.13. The van der Waals surface area contributed by atoms with E-state index in [1.807, 2.05) is 18.2 Å². The molecule has 6 nitrogen and oxygen atoms in total. The lowest BCUT2D eigenvalue weighted by atomic mass is 9.88. The van der Waals surface area contributed by atoms with Gasteiger partial charge in [-0.1, -0.05) is 6.07 Å². The fourth-order valence-corrected chi connectivity index (χ4v) is 5.13. The lowest BCUT2D eigenvalue weighted by Gasteiger charge is -2.40. The van der Waals surface area contributed by atoms with Crippen LogP contribution >= 0.6 is 0 Å². The molecule has 34 heavy (non-hydrogen) atoms. The highest BCUT2D eigenvalue weighted by Gasteiger charge is 2.37. The van der Waals surface area contributed by atoms with E-state index in [9.17, 15) is 13.2 Å². The molecular weight excluding hydrogens is 441 g/mol. The van der Waals surface area contributed by atoms with Crippen LogP contribution < -0.4 is 10.6 Å². The molecule has 1 aliphatic heterocycles. The quantitative estimate of drug-likeness (QED) is 0.492. The number of halogens is 3. The summed E-state index contributed by atoms with van der Waals surface area (Å²) in [6.45, 7) is 0.977. The van der Waals surface area contributed by atoms with Gasteiger partial charge in [0.15, 0.2) is 0 Å². The first-order valence-corrected chi connectivity index (χ1v) is 11.9.